The Hall–Kier alpha value is -1.66. The molecular formula is C19H18ClF6N4PPd. The van der Waals surface area contributed by atoms with E-state index >= 15 is 0 Å². The van der Waals surface area contributed by atoms with Crippen LogP contribution in [0.1, 0.15) is 19.8 Å². The minimum atomic E-state index is -10.7. The van der Waals surface area contributed by atoms with Crippen molar-refractivity contribution in [3.8, 4) is 0 Å². The number of benzene rings is 1. The number of anilines is 1. The summed E-state index contributed by atoms with van der Waals surface area (Å²) in [6.45, 7) is 6.51. The van der Waals surface area contributed by atoms with Crippen LogP contribution in [0.2, 0.25) is 0 Å². The first-order valence-corrected chi connectivity index (χ1v) is 13.2. The maximum absolute atomic E-state index is 10.7. The Kier molecular flexibility index (Phi) is 8.05. The number of pyridine rings is 2. The van der Waals surface area contributed by atoms with Gasteiger partial charge in [0.05, 0.1) is 11.0 Å². The number of hydrogen-bond donors (Lipinski definition) is 0. The molecule has 1 aromatic carbocycles. The van der Waals surface area contributed by atoms with Crippen LogP contribution in [0.3, 0.4) is 0 Å². The van der Waals surface area contributed by atoms with Gasteiger partial charge in [0, 0.05) is 35.9 Å². The summed E-state index contributed by atoms with van der Waals surface area (Å²) in [5.41, 5.74) is 1.88. The molecule has 4 rings (SSSR count). The van der Waals surface area contributed by atoms with Crippen molar-refractivity contribution in [3.05, 3.63) is 61.7 Å². The summed E-state index contributed by atoms with van der Waals surface area (Å²) >= 11 is 2.22. The molecule has 0 saturated heterocycles. The van der Waals surface area contributed by atoms with Gasteiger partial charge in [0.1, 0.15) is 5.82 Å². The van der Waals surface area contributed by atoms with Gasteiger partial charge in [-0.3, -0.25) is 9.88 Å². The standard InChI is InChI=1S/C19H18N4.ClH.F6P.Pd/c1-2-3-11-22-12-13-23(14-22)17-9-8-16-7-6-15-5-4-10-20-18(15)19(16)21-17;;1-7(2,3,4,5)6;/h4-10,12-13H,2-3,11H2,1H3;1H;;/q;;-1;+2/p-1. The molecule has 3 aromatic rings. The average molecular weight is 589 g/mol. The number of unbranched alkanes of at least 4 members (excludes halogenated alkanes) is 1. The normalized spacial score (nSPS) is 15.6. The zero-order valence-corrected chi connectivity index (χ0v) is 19.7. The Bertz CT molecular complexity index is 1090. The van der Waals surface area contributed by atoms with Crippen LogP contribution in [0.4, 0.5) is 31.0 Å². The van der Waals surface area contributed by atoms with Crippen molar-refractivity contribution in [2.45, 2.75) is 19.8 Å². The van der Waals surface area contributed by atoms with Crippen molar-refractivity contribution in [1.82, 2.24) is 14.9 Å². The van der Waals surface area contributed by atoms with Gasteiger partial charge in [-0.15, -0.1) is 0 Å². The molecule has 13 heteroatoms. The van der Waals surface area contributed by atoms with Crippen molar-refractivity contribution in [3.63, 3.8) is 0 Å². The first-order chi connectivity index (χ1) is 14.8. The average Bonchev–Trinajstić information content (AvgIpc) is 3.20. The quantitative estimate of drug-likeness (QED) is 0.133. The van der Waals surface area contributed by atoms with Gasteiger partial charge >= 0.3 is 60.7 Å². The fraction of sp³-hybridized carbons (Fsp3) is 0.211. The molecule has 32 heavy (non-hydrogen) atoms. The van der Waals surface area contributed by atoms with Crippen LogP contribution in [0, 0.1) is 6.67 Å². The number of nitrogens with zero attached hydrogens (tertiary/aromatic N) is 4. The molecule has 0 unspecified atom stereocenters. The Morgan fingerprint density at radius 3 is 2.16 bits per heavy atom. The van der Waals surface area contributed by atoms with Gasteiger partial charge in [0.25, 0.3) is 0 Å². The topological polar surface area (TPSA) is 32.3 Å². The van der Waals surface area contributed by atoms with Gasteiger partial charge in [-0.25, -0.2) is 4.98 Å². The third-order valence-corrected chi connectivity index (χ3v) is 4.05. The van der Waals surface area contributed by atoms with E-state index < -0.39 is 7.81 Å². The molecule has 0 spiro atoms. The molecule has 1 aliphatic heterocycles. The van der Waals surface area contributed by atoms with E-state index in [0.717, 1.165) is 40.6 Å². The molecule has 0 bridgehead atoms. The fourth-order valence-electron chi connectivity index (χ4n) is 2.78. The molecule has 0 N–H and O–H groups in total. The molecule has 2 aromatic heterocycles. The Labute approximate surface area is 195 Å². The second kappa shape index (κ2) is 9.68. The van der Waals surface area contributed by atoms with E-state index in [1.165, 1.54) is 6.42 Å². The van der Waals surface area contributed by atoms with E-state index in [2.05, 4.69) is 75.5 Å². The summed E-state index contributed by atoms with van der Waals surface area (Å²) in [6.07, 6.45) is 8.20. The molecule has 178 valence electrons. The summed E-state index contributed by atoms with van der Waals surface area (Å²) < 4.78 is 59.2. The molecule has 2 radical (unpaired) electrons. The third-order valence-electron chi connectivity index (χ3n) is 4.05. The zero-order valence-electron chi connectivity index (χ0n) is 16.5. The molecule has 0 saturated carbocycles. The van der Waals surface area contributed by atoms with Crippen molar-refractivity contribution in [1.29, 1.82) is 0 Å². The van der Waals surface area contributed by atoms with Gasteiger partial charge in [-0.05, 0) is 24.6 Å². The van der Waals surface area contributed by atoms with Gasteiger partial charge in [-0.1, -0.05) is 31.5 Å². The summed E-state index contributed by atoms with van der Waals surface area (Å²) in [4.78, 5) is 13.3. The van der Waals surface area contributed by atoms with E-state index in [0.29, 0.717) is 0 Å². The number of hydrogen-bond acceptors (Lipinski definition) is 4. The van der Waals surface area contributed by atoms with Crippen molar-refractivity contribution >= 4 is 45.0 Å². The SMILES string of the molecule is CCCCN1[C]N(c2ccc3ccc4cccnc4c3n2)C=C1.F[P-](F)(F)(F)(F)F.[Cl][Pd+]. The summed E-state index contributed by atoms with van der Waals surface area (Å²) in [6, 6.07) is 12.3. The molecule has 1 aliphatic rings. The number of rotatable bonds is 4. The Morgan fingerprint density at radius 1 is 0.938 bits per heavy atom. The molecule has 0 atom stereocenters. The first kappa shape index (κ1) is 26.6. The predicted molar refractivity (Wildman–Crippen MR) is 113 cm³/mol. The number of fused-ring (bicyclic) bond motifs is 3. The summed E-state index contributed by atoms with van der Waals surface area (Å²) in [7, 11) is -6.17. The van der Waals surface area contributed by atoms with Crippen LogP contribution >= 0.6 is 17.3 Å². The molecule has 4 nitrogen and oxygen atoms in total. The maximum atomic E-state index is 9.87. The number of aromatic nitrogens is 2. The van der Waals surface area contributed by atoms with Crippen molar-refractivity contribution in [2.75, 3.05) is 11.4 Å². The van der Waals surface area contributed by atoms with Crippen LogP contribution in [0.25, 0.3) is 21.8 Å². The third kappa shape index (κ3) is 9.07. The molecular weight excluding hydrogens is 571 g/mol. The van der Waals surface area contributed by atoms with E-state index in [1.807, 2.05) is 35.6 Å². The second-order valence-electron chi connectivity index (χ2n) is 6.66. The minimum absolute atomic E-state index is 0.867. The van der Waals surface area contributed by atoms with E-state index in [9.17, 15) is 25.2 Å². The van der Waals surface area contributed by atoms with Crippen LogP contribution in [-0.2, 0) is 18.2 Å². The molecule has 0 aliphatic carbocycles. The van der Waals surface area contributed by atoms with Gasteiger partial charge in [0.2, 0.25) is 6.67 Å². The van der Waals surface area contributed by atoms with Gasteiger partial charge in [-0.2, -0.15) is 0 Å². The Balaban J connectivity index is 0.000000348. The number of halogens is 7. The first-order valence-electron chi connectivity index (χ1n) is 9.13. The van der Waals surface area contributed by atoms with Gasteiger partial charge < -0.3 is 4.90 Å². The van der Waals surface area contributed by atoms with Crippen LogP contribution in [0.15, 0.2) is 55.0 Å². The summed E-state index contributed by atoms with van der Waals surface area (Å²) in [5, 5.41) is 2.21. The molecule has 3 heterocycles. The molecule has 0 fully saturated rings. The van der Waals surface area contributed by atoms with Crippen LogP contribution in [0.5, 0.6) is 0 Å². The Morgan fingerprint density at radius 2 is 1.53 bits per heavy atom. The monoisotopic (exact) mass is 588 g/mol. The van der Waals surface area contributed by atoms with Crippen molar-refractivity contribution < 1.29 is 43.4 Å². The molecule has 0 amide bonds. The van der Waals surface area contributed by atoms with E-state index in [1.54, 1.807) is 0 Å². The van der Waals surface area contributed by atoms with E-state index in [4.69, 9.17) is 4.98 Å². The van der Waals surface area contributed by atoms with Crippen LogP contribution < -0.4 is 4.90 Å². The summed E-state index contributed by atoms with van der Waals surface area (Å²) in [5.74, 6) is 0.867. The van der Waals surface area contributed by atoms with Crippen molar-refractivity contribution in [2.24, 2.45) is 0 Å². The second-order valence-corrected chi connectivity index (χ2v) is 8.57. The fourth-order valence-corrected chi connectivity index (χ4v) is 2.78. The van der Waals surface area contributed by atoms with Gasteiger partial charge in [0.15, 0.2) is 0 Å². The zero-order chi connectivity index (χ0) is 24.1. The van der Waals surface area contributed by atoms with Crippen LogP contribution in [-0.4, -0.2) is 21.4 Å². The van der Waals surface area contributed by atoms with E-state index in [-0.39, 0.29) is 0 Å². The predicted octanol–water partition coefficient (Wildman–Crippen LogP) is 8.24.